The number of unbranched alkanes of at least 4 members (excludes halogenated alkanes) is 2. The van der Waals surface area contributed by atoms with Crippen LogP contribution < -0.4 is 14.8 Å². The number of non-ortho nitro benzene ring substituents is 2. The molecule has 5 aromatic carbocycles. The summed E-state index contributed by atoms with van der Waals surface area (Å²) in [5.41, 5.74) is 3.90. The summed E-state index contributed by atoms with van der Waals surface area (Å²) in [5.74, 6) is -2.69. The molecule has 0 aromatic heterocycles. The van der Waals surface area contributed by atoms with Crippen molar-refractivity contribution in [2.24, 2.45) is 22.9 Å². The molecule has 74 heavy (non-hydrogen) atoms. The highest BCUT2D eigenvalue weighted by Gasteiger charge is 2.65. The third-order valence-corrected chi connectivity index (χ3v) is 14.1. The number of nitrogens with zero attached hydrogens (tertiary/aromatic N) is 4. The summed E-state index contributed by atoms with van der Waals surface area (Å²) in [4.78, 5) is 58.5. The number of hydrogen-bond donors (Lipinski definition) is 3. The van der Waals surface area contributed by atoms with Gasteiger partial charge in [0.15, 0.2) is 0 Å². The van der Waals surface area contributed by atoms with Gasteiger partial charge in [0.25, 0.3) is 11.4 Å². The Balaban J connectivity index is 1.36. The highest BCUT2D eigenvalue weighted by molar-refractivity contribution is 6.03. The van der Waals surface area contributed by atoms with Crippen molar-refractivity contribution in [3.63, 3.8) is 0 Å². The number of hydrogen-bond acceptors (Lipinski definition) is 13. The maximum atomic E-state index is 15.5. The summed E-state index contributed by atoms with van der Waals surface area (Å²) in [6.07, 6.45) is 10.2. The van der Waals surface area contributed by atoms with Crippen LogP contribution in [0.4, 0.5) is 16.2 Å². The molecule has 1 heterocycles. The number of aliphatic hydroxyl groups excluding tert-OH is 2. The van der Waals surface area contributed by atoms with Gasteiger partial charge in [0.05, 0.1) is 28.1 Å². The third kappa shape index (κ3) is 11.7. The molecule has 1 aliphatic heterocycles. The molecule has 0 bridgehead atoms. The molecule has 386 valence electrons. The van der Waals surface area contributed by atoms with Gasteiger partial charge in [-0.15, -0.1) is 6.58 Å². The standard InChI is InChI=1S/C57H61N5O12/c1-3-32-71-57-52(60(36-42-15-11-14-40-12-5-6-16-46(40)42)53(65)29-22-38-18-23-43(24-19-38)61(67)68)35-50(59-72-37-39-20-25-44(26-21-39)62(69)70)48-33-41(13-7-9-30-63)47(17-8-10-31-64)54(55(48)57)49-34-45(27-28-51(49)74-57)73-56(66)58-4-2/h3,5-6,11-12,14-16,18-29,33-34,41,47,52,54-55,63-64H,1,4,7-10,13,17,30-32,35-37H2,2H3,(H,58,66). The van der Waals surface area contributed by atoms with Crippen LogP contribution >= 0.6 is 0 Å². The highest BCUT2D eigenvalue weighted by Crippen LogP contribution is 2.62. The van der Waals surface area contributed by atoms with Crippen molar-refractivity contribution in [1.82, 2.24) is 10.2 Å². The fourth-order valence-electron chi connectivity index (χ4n) is 10.8. The molecule has 2 amide bonds. The van der Waals surface area contributed by atoms with Gasteiger partial charge >= 0.3 is 6.09 Å². The van der Waals surface area contributed by atoms with Gasteiger partial charge in [-0.3, -0.25) is 25.0 Å². The number of benzene rings is 5. The number of carbonyl (C=O) groups is 2. The first-order valence-electron chi connectivity index (χ1n) is 25.1. The van der Waals surface area contributed by atoms with Crippen LogP contribution in [0, 0.1) is 38.0 Å². The monoisotopic (exact) mass is 1010 g/mol. The molecular weight excluding hydrogens is 947 g/mol. The first-order chi connectivity index (χ1) is 36.0. The maximum Gasteiger partial charge on any atom is 0.412 e. The Bertz CT molecular complexity index is 2920. The number of amides is 2. The number of aliphatic hydroxyl groups is 2. The Kier molecular flexibility index (Phi) is 17.3. The fourth-order valence-corrected chi connectivity index (χ4v) is 10.8. The van der Waals surface area contributed by atoms with Gasteiger partial charge in [0.2, 0.25) is 11.7 Å². The Morgan fingerprint density at radius 1 is 0.905 bits per heavy atom. The normalized spacial score (nSPS) is 21.2. The number of nitro groups is 2. The number of allylic oxidation sites excluding steroid dienone is 1. The zero-order chi connectivity index (χ0) is 52.2. The van der Waals surface area contributed by atoms with Crippen LogP contribution in [0.3, 0.4) is 0 Å². The van der Waals surface area contributed by atoms with E-state index in [1.54, 1.807) is 60.4 Å². The minimum Gasteiger partial charge on any atom is -0.459 e. The molecule has 0 radical (unpaired) electrons. The summed E-state index contributed by atoms with van der Waals surface area (Å²) in [5, 5.41) is 52.6. The smallest absolute Gasteiger partial charge is 0.412 e. The molecule has 1 fully saturated rings. The van der Waals surface area contributed by atoms with E-state index in [-0.39, 0.29) is 68.4 Å². The minimum absolute atomic E-state index is 0.00267. The summed E-state index contributed by atoms with van der Waals surface area (Å²) in [7, 11) is 0. The van der Waals surface area contributed by atoms with Crippen LogP contribution in [-0.2, 0) is 27.5 Å². The van der Waals surface area contributed by atoms with Gasteiger partial charge in [0.1, 0.15) is 24.1 Å². The first-order valence-corrected chi connectivity index (χ1v) is 25.1. The molecule has 8 rings (SSSR count). The van der Waals surface area contributed by atoms with E-state index in [4.69, 9.17) is 24.2 Å². The van der Waals surface area contributed by atoms with Gasteiger partial charge in [-0.25, -0.2) is 4.79 Å². The fraction of sp³-hybridized carbons (Fsp3) is 0.351. The summed E-state index contributed by atoms with van der Waals surface area (Å²) in [6, 6.07) is 30.0. The summed E-state index contributed by atoms with van der Waals surface area (Å²) >= 11 is 0. The van der Waals surface area contributed by atoms with Crippen molar-refractivity contribution in [2.45, 2.75) is 82.8 Å². The van der Waals surface area contributed by atoms with Crippen LogP contribution in [0.25, 0.3) is 16.8 Å². The third-order valence-electron chi connectivity index (χ3n) is 14.1. The Morgan fingerprint density at radius 2 is 1.61 bits per heavy atom. The average molecular weight is 1010 g/mol. The van der Waals surface area contributed by atoms with Crippen molar-refractivity contribution >= 4 is 45.9 Å². The molecule has 0 saturated heterocycles. The Labute approximate surface area is 429 Å². The second-order valence-electron chi connectivity index (χ2n) is 18.7. The zero-order valence-corrected chi connectivity index (χ0v) is 41.3. The molecule has 17 nitrogen and oxygen atoms in total. The molecule has 6 atom stereocenters. The van der Waals surface area contributed by atoms with Crippen LogP contribution in [0.2, 0.25) is 0 Å². The van der Waals surface area contributed by atoms with E-state index in [9.17, 15) is 35.2 Å². The highest BCUT2D eigenvalue weighted by atomic mass is 16.7. The number of nitro benzene ring substituents is 2. The number of fused-ring (bicyclic) bond motifs is 3. The molecule has 3 N–H and O–H groups in total. The van der Waals surface area contributed by atoms with Gasteiger partial charge in [-0.1, -0.05) is 72.6 Å². The lowest BCUT2D eigenvalue weighted by Gasteiger charge is -2.60. The van der Waals surface area contributed by atoms with E-state index in [0.717, 1.165) is 27.5 Å². The predicted molar refractivity (Wildman–Crippen MR) is 279 cm³/mol. The van der Waals surface area contributed by atoms with Crippen molar-refractivity contribution in [3.8, 4) is 11.5 Å². The topological polar surface area (TPSA) is 225 Å². The second kappa shape index (κ2) is 24.3. The van der Waals surface area contributed by atoms with Gasteiger partial charge in [0, 0.05) is 74.5 Å². The predicted octanol–water partition coefficient (Wildman–Crippen LogP) is 10.3. The molecule has 3 aliphatic rings. The molecule has 6 unspecified atom stereocenters. The SMILES string of the molecule is C=CCOC12Oc3ccc(OC(=O)NCC)cc3C3C(CCCCO)C(CCCCO)C=C(C(=NOCc4ccc([N+](=O)[O-])cc4)CC1N(Cc1cccc4ccccc14)C(=O)C=Cc1ccc([N+](=O)[O-])cc1)C32. The maximum absolute atomic E-state index is 15.5. The molecule has 1 saturated carbocycles. The van der Waals surface area contributed by atoms with E-state index >= 15 is 4.79 Å². The number of rotatable bonds is 23. The van der Waals surface area contributed by atoms with Crippen LogP contribution in [0.5, 0.6) is 11.5 Å². The van der Waals surface area contributed by atoms with E-state index in [1.165, 1.54) is 30.3 Å². The molecule has 17 heteroatoms. The van der Waals surface area contributed by atoms with Gasteiger partial charge < -0.3 is 39.5 Å². The molecular formula is C57H61N5O12. The first kappa shape index (κ1) is 52.6. The molecule has 5 aromatic rings. The number of ether oxygens (including phenoxy) is 3. The quantitative estimate of drug-likeness (QED) is 0.0183. The number of oxime groups is 1. The molecule has 0 spiro atoms. The van der Waals surface area contributed by atoms with Crippen LogP contribution in [-0.4, -0.2) is 80.9 Å². The van der Waals surface area contributed by atoms with E-state index in [0.29, 0.717) is 67.7 Å². The zero-order valence-electron chi connectivity index (χ0n) is 41.3. The average Bonchev–Trinajstić information content (AvgIpc) is 3.43. The second-order valence-corrected chi connectivity index (χ2v) is 18.7. The van der Waals surface area contributed by atoms with Crippen molar-refractivity contribution in [1.29, 1.82) is 0 Å². The van der Waals surface area contributed by atoms with E-state index < -0.39 is 45.5 Å². The Morgan fingerprint density at radius 3 is 2.31 bits per heavy atom. The summed E-state index contributed by atoms with van der Waals surface area (Å²) in [6.45, 7) is 6.25. The lowest BCUT2D eigenvalue weighted by molar-refractivity contribution is -0.385. The van der Waals surface area contributed by atoms with Gasteiger partial charge in [-0.05, 0) is 126 Å². The lowest BCUT2D eigenvalue weighted by atomic mass is 9.55. The van der Waals surface area contributed by atoms with Crippen molar-refractivity contribution in [2.75, 3.05) is 26.4 Å². The van der Waals surface area contributed by atoms with Crippen molar-refractivity contribution in [3.05, 3.63) is 182 Å². The number of nitrogens with one attached hydrogen (secondary N) is 1. The van der Waals surface area contributed by atoms with Crippen molar-refractivity contribution < 1.29 is 48.7 Å². The van der Waals surface area contributed by atoms with Gasteiger partial charge in [-0.2, -0.15) is 0 Å². The summed E-state index contributed by atoms with van der Waals surface area (Å²) < 4.78 is 20.4. The lowest BCUT2D eigenvalue weighted by Crippen LogP contribution is -2.70. The largest absolute Gasteiger partial charge is 0.459 e. The van der Waals surface area contributed by atoms with Crippen LogP contribution in [0.1, 0.15) is 80.0 Å². The Hall–Kier alpha value is -7.73. The van der Waals surface area contributed by atoms with E-state index in [2.05, 4.69) is 18.0 Å². The minimum atomic E-state index is -1.65. The number of carbonyl (C=O) groups excluding carboxylic acids is 2. The van der Waals surface area contributed by atoms with Crippen LogP contribution in [0.15, 0.2) is 145 Å². The molecule has 2 aliphatic carbocycles. The van der Waals surface area contributed by atoms with E-state index in [1.807, 2.05) is 48.5 Å².